The zero-order valence-electron chi connectivity index (χ0n) is 7.17. The third-order valence-corrected chi connectivity index (χ3v) is 1.58. The number of nitrogens with one attached hydrogen (secondary N) is 1. The molecular formula is C10H12N2. The van der Waals surface area contributed by atoms with E-state index in [1.165, 1.54) is 5.56 Å². The minimum Gasteiger partial charge on any atom is -0.345 e. The fourth-order valence-corrected chi connectivity index (χ4v) is 1.05. The number of benzene rings is 1. The average Bonchev–Trinajstić information content (AvgIpc) is 2.54. The van der Waals surface area contributed by atoms with E-state index in [2.05, 4.69) is 42.2 Å². The van der Waals surface area contributed by atoms with Gasteiger partial charge in [-0.2, -0.15) is 0 Å². The Kier molecular flexibility index (Phi) is 2.64. The van der Waals surface area contributed by atoms with Crippen LogP contribution in [0.2, 0.25) is 0 Å². The highest BCUT2D eigenvalue weighted by molar-refractivity contribution is 5.74. The molecule has 1 N–H and O–H groups in total. The van der Waals surface area contributed by atoms with Crippen LogP contribution < -0.4 is 0 Å². The first-order valence-electron chi connectivity index (χ1n) is 3.76. The van der Waals surface area contributed by atoms with Gasteiger partial charge in [-0.25, -0.2) is 4.98 Å². The summed E-state index contributed by atoms with van der Waals surface area (Å²) in [6.45, 7) is 8.07. The van der Waals surface area contributed by atoms with Gasteiger partial charge in [-0.15, -0.1) is 13.2 Å². The molecule has 0 aliphatic rings. The molecule has 62 valence electrons. The molecule has 0 aliphatic heterocycles. The lowest BCUT2D eigenvalue weighted by molar-refractivity contribution is 1.34. The summed E-state index contributed by atoms with van der Waals surface area (Å²) >= 11 is 0. The SMILES string of the molecule is C=C.Cc1ccc2nc[nH]c2c1. The van der Waals surface area contributed by atoms with Crippen molar-refractivity contribution in [1.82, 2.24) is 9.97 Å². The predicted octanol–water partition coefficient (Wildman–Crippen LogP) is 2.67. The van der Waals surface area contributed by atoms with Gasteiger partial charge in [-0.05, 0) is 24.6 Å². The maximum Gasteiger partial charge on any atom is 0.0931 e. The number of aromatic amines is 1. The van der Waals surface area contributed by atoms with Gasteiger partial charge in [-0.1, -0.05) is 6.07 Å². The lowest BCUT2D eigenvalue weighted by Gasteiger charge is -1.89. The van der Waals surface area contributed by atoms with Gasteiger partial charge in [0.25, 0.3) is 0 Å². The number of H-pyrrole nitrogens is 1. The number of hydrogen-bond acceptors (Lipinski definition) is 1. The second-order valence-corrected chi connectivity index (χ2v) is 2.42. The summed E-state index contributed by atoms with van der Waals surface area (Å²) in [5, 5.41) is 0. The standard InChI is InChI=1S/C8H8N2.C2H4/c1-6-2-3-7-8(4-6)10-5-9-7;1-2/h2-5H,1H3,(H,9,10);1-2H2. The van der Waals surface area contributed by atoms with E-state index in [1.807, 2.05) is 6.07 Å². The van der Waals surface area contributed by atoms with Gasteiger partial charge < -0.3 is 4.98 Å². The molecule has 0 atom stereocenters. The first-order chi connectivity index (χ1) is 5.86. The van der Waals surface area contributed by atoms with E-state index in [0.717, 1.165) is 11.0 Å². The van der Waals surface area contributed by atoms with Crippen LogP contribution in [0.3, 0.4) is 0 Å². The van der Waals surface area contributed by atoms with Crippen molar-refractivity contribution in [2.75, 3.05) is 0 Å². The van der Waals surface area contributed by atoms with Gasteiger partial charge in [0.1, 0.15) is 0 Å². The van der Waals surface area contributed by atoms with Gasteiger partial charge in [0.2, 0.25) is 0 Å². The average molecular weight is 160 g/mol. The molecule has 1 aromatic carbocycles. The van der Waals surface area contributed by atoms with E-state index in [0.29, 0.717) is 0 Å². The summed E-state index contributed by atoms with van der Waals surface area (Å²) in [6.07, 6.45) is 1.71. The lowest BCUT2D eigenvalue weighted by Crippen LogP contribution is -1.71. The molecule has 0 saturated carbocycles. The molecule has 2 rings (SSSR count). The number of aryl methyl sites for hydroxylation is 1. The molecular weight excluding hydrogens is 148 g/mol. The maximum absolute atomic E-state index is 4.10. The van der Waals surface area contributed by atoms with Crippen LogP contribution in [-0.2, 0) is 0 Å². The highest BCUT2D eigenvalue weighted by Crippen LogP contribution is 2.09. The van der Waals surface area contributed by atoms with Crippen LogP contribution in [0, 0.1) is 6.92 Å². The van der Waals surface area contributed by atoms with Crippen molar-refractivity contribution in [1.29, 1.82) is 0 Å². The molecule has 0 unspecified atom stereocenters. The molecule has 0 radical (unpaired) electrons. The third kappa shape index (κ3) is 1.53. The Morgan fingerprint density at radius 2 is 2.08 bits per heavy atom. The summed E-state index contributed by atoms with van der Waals surface area (Å²) in [4.78, 5) is 7.15. The van der Waals surface area contributed by atoms with Crippen molar-refractivity contribution in [3.63, 3.8) is 0 Å². The van der Waals surface area contributed by atoms with Crippen LogP contribution in [0.4, 0.5) is 0 Å². The second-order valence-electron chi connectivity index (χ2n) is 2.42. The van der Waals surface area contributed by atoms with E-state index in [1.54, 1.807) is 6.33 Å². The summed E-state index contributed by atoms with van der Waals surface area (Å²) < 4.78 is 0. The molecule has 1 heterocycles. The Morgan fingerprint density at radius 1 is 1.33 bits per heavy atom. The van der Waals surface area contributed by atoms with E-state index in [4.69, 9.17) is 0 Å². The number of hydrogen-bond donors (Lipinski definition) is 1. The fourth-order valence-electron chi connectivity index (χ4n) is 1.05. The Bertz CT molecular complexity index is 363. The van der Waals surface area contributed by atoms with Crippen molar-refractivity contribution in [3.8, 4) is 0 Å². The van der Waals surface area contributed by atoms with Crippen molar-refractivity contribution in [3.05, 3.63) is 43.2 Å². The van der Waals surface area contributed by atoms with Crippen molar-refractivity contribution in [2.45, 2.75) is 6.92 Å². The lowest BCUT2D eigenvalue weighted by atomic mass is 10.2. The molecule has 2 aromatic rings. The number of fused-ring (bicyclic) bond motifs is 1. The Balaban J connectivity index is 0.000000336. The molecule has 0 saturated heterocycles. The zero-order valence-corrected chi connectivity index (χ0v) is 7.17. The van der Waals surface area contributed by atoms with E-state index in [9.17, 15) is 0 Å². The predicted molar refractivity (Wildman–Crippen MR) is 52.1 cm³/mol. The van der Waals surface area contributed by atoms with Crippen molar-refractivity contribution in [2.24, 2.45) is 0 Å². The highest BCUT2D eigenvalue weighted by Gasteiger charge is 1.92. The summed E-state index contributed by atoms with van der Waals surface area (Å²) in [5.41, 5.74) is 3.40. The minimum absolute atomic E-state index is 1.03. The molecule has 0 bridgehead atoms. The quantitative estimate of drug-likeness (QED) is 0.590. The van der Waals surface area contributed by atoms with Gasteiger partial charge in [-0.3, -0.25) is 0 Å². The Morgan fingerprint density at radius 3 is 2.83 bits per heavy atom. The van der Waals surface area contributed by atoms with E-state index in [-0.39, 0.29) is 0 Å². The van der Waals surface area contributed by atoms with Crippen molar-refractivity contribution < 1.29 is 0 Å². The summed E-state index contributed by atoms with van der Waals surface area (Å²) in [6, 6.07) is 6.16. The smallest absolute Gasteiger partial charge is 0.0931 e. The molecule has 0 fully saturated rings. The van der Waals surface area contributed by atoms with Crippen molar-refractivity contribution >= 4 is 11.0 Å². The number of nitrogens with zero attached hydrogens (tertiary/aromatic N) is 1. The number of aromatic nitrogens is 2. The van der Waals surface area contributed by atoms with Crippen LogP contribution in [0.1, 0.15) is 5.56 Å². The topological polar surface area (TPSA) is 28.7 Å². The van der Waals surface area contributed by atoms with Crippen LogP contribution >= 0.6 is 0 Å². The fraction of sp³-hybridized carbons (Fsp3) is 0.100. The molecule has 0 amide bonds. The van der Waals surface area contributed by atoms with Gasteiger partial charge in [0.05, 0.1) is 17.4 Å². The number of rotatable bonds is 0. The summed E-state index contributed by atoms with van der Waals surface area (Å²) in [7, 11) is 0. The Labute approximate surface area is 72.0 Å². The largest absolute Gasteiger partial charge is 0.345 e. The minimum atomic E-state index is 1.03. The first-order valence-corrected chi connectivity index (χ1v) is 3.76. The van der Waals surface area contributed by atoms with Gasteiger partial charge >= 0.3 is 0 Å². The second kappa shape index (κ2) is 3.72. The zero-order chi connectivity index (χ0) is 8.97. The highest BCUT2D eigenvalue weighted by atomic mass is 14.9. The molecule has 1 aromatic heterocycles. The van der Waals surface area contributed by atoms with Gasteiger partial charge in [0, 0.05) is 0 Å². The Hall–Kier alpha value is -1.57. The van der Waals surface area contributed by atoms with Gasteiger partial charge in [0.15, 0.2) is 0 Å². The molecule has 2 heteroatoms. The first kappa shape index (κ1) is 8.53. The number of imidazole rings is 1. The monoisotopic (exact) mass is 160 g/mol. The van der Waals surface area contributed by atoms with Crippen LogP contribution in [0.25, 0.3) is 11.0 Å². The van der Waals surface area contributed by atoms with Crippen LogP contribution in [0.15, 0.2) is 37.7 Å². The molecule has 0 spiro atoms. The van der Waals surface area contributed by atoms with E-state index < -0.39 is 0 Å². The normalized spacial score (nSPS) is 9.08. The van der Waals surface area contributed by atoms with Crippen LogP contribution in [-0.4, -0.2) is 9.97 Å². The maximum atomic E-state index is 4.10. The van der Waals surface area contributed by atoms with Crippen LogP contribution in [0.5, 0.6) is 0 Å². The summed E-state index contributed by atoms with van der Waals surface area (Å²) in [5.74, 6) is 0. The molecule has 0 aliphatic carbocycles. The molecule has 2 nitrogen and oxygen atoms in total. The molecule has 12 heavy (non-hydrogen) atoms. The van der Waals surface area contributed by atoms with E-state index >= 15 is 0 Å². The third-order valence-electron chi connectivity index (χ3n) is 1.58.